The molecule has 0 aliphatic carbocycles. The number of rotatable bonds is 4. The molecule has 0 atom stereocenters. The van der Waals surface area contributed by atoms with Crippen molar-refractivity contribution in [2.24, 2.45) is 0 Å². The summed E-state index contributed by atoms with van der Waals surface area (Å²) >= 11 is 0. The second-order valence-electron chi connectivity index (χ2n) is 4.50. The van der Waals surface area contributed by atoms with Crippen molar-refractivity contribution in [1.29, 1.82) is 0 Å². The zero-order valence-corrected chi connectivity index (χ0v) is 11.6. The van der Waals surface area contributed by atoms with Gasteiger partial charge < -0.3 is 15.5 Å². The lowest BCUT2D eigenvalue weighted by Gasteiger charge is -2.24. The summed E-state index contributed by atoms with van der Waals surface area (Å²) in [7, 11) is 0. The summed E-state index contributed by atoms with van der Waals surface area (Å²) in [5.74, 6) is 1.96. The summed E-state index contributed by atoms with van der Waals surface area (Å²) in [6.45, 7) is 7.16. The topological polar surface area (TPSA) is 70.2 Å². The van der Waals surface area contributed by atoms with Gasteiger partial charge in [0.1, 0.15) is 18.0 Å². The highest BCUT2D eigenvalue weighted by atomic mass is 16.1. The molecule has 0 radical (unpaired) electrons. The summed E-state index contributed by atoms with van der Waals surface area (Å²) in [6.07, 6.45) is 2.98. The van der Waals surface area contributed by atoms with Gasteiger partial charge in [0.15, 0.2) is 0 Å². The lowest BCUT2D eigenvalue weighted by molar-refractivity contribution is -0.120. The van der Waals surface area contributed by atoms with Gasteiger partial charge in [-0.25, -0.2) is 9.97 Å². The minimum atomic E-state index is 0.113. The quantitative estimate of drug-likeness (QED) is 0.840. The first-order chi connectivity index (χ1) is 9.26. The molecule has 1 saturated heterocycles. The summed E-state index contributed by atoms with van der Waals surface area (Å²) in [4.78, 5) is 22.3. The van der Waals surface area contributed by atoms with Crippen molar-refractivity contribution in [2.75, 3.05) is 36.4 Å². The SMILES string of the molecule is CCNc1ncnc(N2CCNC(=O)CC2)c1CC. The molecule has 0 aromatic carbocycles. The van der Waals surface area contributed by atoms with Gasteiger partial charge in [-0.2, -0.15) is 0 Å². The van der Waals surface area contributed by atoms with Gasteiger partial charge in [-0.3, -0.25) is 4.79 Å². The predicted octanol–water partition coefficient (Wildman–Crippen LogP) is 0.797. The van der Waals surface area contributed by atoms with Crippen LogP contribution in [0.3, 0.4) is 0 Å². The van der Waals surface area contributed by atoms with Crippen LogP contribution in [0.5, 0.6) is 0 Å². The Hall–Kier alpha value is -1.85. The number of anilines is 2. The molecule has 0 spiro atoms. The van der Waals surface area contributed by atoms with E-state index < -0.39 is 0 Å². The number of nitrogens with one attached hydrogen (secondary N) is 2. The fraction of sp³-hybridized carbons (Fsp3) is 0.615. The third-order valence-electron chi connectivity index (χ3n) is 3.23. The largest absolute Gasteiger partial charge is 0.370 e. The van der Waals surface area contributed by atoms with Gasteiger partial charge in [-0.1, -0.05) is 6.92 Å². The number of aromatic nitrogens is 2. The first kappa shape index (κ1) is 13.6. The van der Waals surface area contributed by atoms with Gasteiger partial charge in [0, 0.05) is 38.2 Å². The standard InChI is InChI=1S/C13H21N5O/c1-3-10-12(14-4-2)16-9-17-13(10)18-7-5-11(19)15-6-8-18/h9H,3-8H2,1-2H3,(H,15,19)(H,14,16,17). The highest BCUT2D eigenvalue weighted by Crippen LogP contribution is 2.24. The average molecular weight is 263 g/mol. The maximum absolute atomic E-state index is 11.4. The van der Waals surface area contributed by atoms with E-state index in [0.717, 1.165) is 36.7 Å². The third-order valence-corrected chi connectivity index (χ3v) is 3.23. The third kappa shape index (κ3) is 3.13. The zero-order valence-electron chi connectivity index (χ0n) is 11.6. The fourth-order valence-corrected chi connectivity index (χ4v) is 2.30. The average Bonchev–Trinajstić information content (AvgIpc) is 2.64. The van der Waals surface area contributed by atoms with E-state index in [1.807, 2.05) is 0 Å². The van der Waals surface area contributed by atoms with Crippen molar-refractivity contribution < 1.29 is 4.79 Å². The minimum Gasteiger partial charge on any atom is -0.370 e. The lowest BCUT2D eigenvalue weighted by Crippen LogP contribution is -2.30. The molecular weight excluding hydrogens is 242 g/mol. The second-order valence-corrected chi connectivity index (χ2v) is 4.50. The van der Waals surface area contributed by atoms with Crippen LogP contribution in [0.4, 0.5) is 11.6 Å². The molecule has 0 bridgehead atoms. The maximum Gasteiger partial charge on any atom is 0.221 e. The number of carbonyl (C=O) groups excluding carboxylic acids is 1. The van der Waals surface area contributed by atoms with Gasteiger partial charge in [-0.05, 0) is 13.3 Å². The van der Waals surface area contributed by atoms with Crippen molar-refractivity contribution in [3.63, 3.8) is 0 Å². The molecule has 1 fully saturated rings. The molecule has 19 heavy (non-hydrogen) atoms. The normalized spacial score (nSPS) is 15.9. The molecule has 1 aliphatic rings. The van der Waals surface area contributed by atoms with Gasteiger partial charge in [0.2, 0.25) is 5.91 Å². The van der Waals surface area contributed by atoms with Crippen LogP contribution in [0.25, 0.3) is 0 Å². The van der Waals surface area contributed by atoms with Crippen LogP contribution >= 0.6 is 0 Å². The van der Waals surface area contributed by atoms with E-state index >= 15 is 0 Å². The molecule has 2 rings (SSSR count). The molecule has 2 N–H and O–H groups in total. The Balaban J connectivity index is 2.27. The van der Waals surface area contributed by atoms with Crippen LogP contribution in [0.15, 0.2) is 6.33 Å². The number of hydrogen-bond donors (Lipinski definition) is 2. The Labute approximate surface area is 113 Å². The van der Waals surface area contributed by atoms with Crippen molar-refractivity contribution in [3.05, 3.63) is 11.9 Å². The van der Waals surface area contributed by atoms with E-state index in [9.17, 15) is 4.79 Å². The minimum absolute atomic E-state index is 0.113. The lowest BCUT2D eigenvalue weighted by atomic mass is 10.2. The molecule has 0 saturated carbocycles. The van der Waals surface area contributed by atoms with E-state index in [-0.39, 0.29) is 5.91 Å². The molecule has 1 aromatic heterocycles. The van der Waals surface area contributed by atoms with Crippen LogP contribution in [-0.4, -0.2) is 42.1 Å². The van der Waals surface area contributed by atoms with Gasteiger partial charge in [0.05, 0.1) is 0 Å². The second kappa shape index (κ2) is 6.36. The van der Waals surface area contributed by atoms with Crippen molar-refractivity contribution >= 4 is 17.5 Å². The Kier molecular flexibility index (Phi) is 4.54. The number of hydrogen-bond acceptors (Lipinski definition) is 5. The Morgan fingerprint density at radius 2 is 2.21 bits per heavy atom. The van der Waals surface area contributed by atoms with E-state index in [2.05, 4.69) is 39.3 Å². The molecule has 0 unspecified atom stereocenters. The molecule has 6 heteroatoms. The smallest absolute Gasteiger partial charge is 0.221 e. The summed E-state index contributed by atoms with van der Waals surface area (Å²) in [5, 5.41) is 6.15. The Bertz CT molecular complexity index is 449. The fourth-order valence-electron chi connectivity index (χ4n) is 2.30. The van der Waals surface area contributed by atoms with Gasteiger partial charge in [-0.15, -0.1) is 0 Å². The summed E-state index contributed by atoms with van der Waals surface area (Å²) < 4.78 is 0. The Morgan fingerprint density at radius 1 is 1.37 bits per heavy atom. The zero-order chi connectivity index (χ0) is 13.7. The molecular formula is C13H21N5O. The van der Waals surface area contributed by atoms with E-state index in [1.54, 1.807) is 6.33 Å². The molecule has 6 nitrogen and oxygen atoms in total. The maximum atomic E-state index is 11.4. The van der Waals surface area contributed by atoms with Crippen LogP contribution in [0, 0.1) is 0 Å². The van der Waals surface area contributed by atoms with Crippen molar-refractivity contribution in [2.45, 2.75) is 26.7 Å². The molecule has 1 aliphatic heterocycles. The number of amides is 1. The Morgan fingerprint density at radius 3 is 2.95 bits per heavy atom. The number of carbonyl (C=O) groups is 1. The summed E-state index contributed by atoms with van der Waals surface area (Å²) in [5.41, 5.74) is 1.12. The highest BCUT2D eigenvalue weighted by Gasteiger charge is 2.19. The summed E-state index contributed by atoms with van der Waals surface area (Å²) in [6, 6.07) is 0. The predicted molar refractivity (Wildman–Crippen MR) is 75.4 cm³/mol. The van der Waals surface area contributed by atoms with Crippen molar-refractivity contribution in [1.82, 2.24) is 15.3 Å². The molecule has 1 aromatic rings. The molecule has 2 heterocycles. The van der Waals surface area contributed by atoms with Crippen LogP contribution in [0.1, 0.15) is 25.8 Å². The first-order valence-corrected chi connectivity index (χ1v) is 6.85. The monoisotopic (exact) mass is 263 g/mol. The van der Waals surface area contributed by atoms with Crippen LogP contribution in [0.2, 0.25) is 0 Å². The van der Waals surface area contributed by atoms with Crippen LogP contribution in [-0.2, 0) is 11.2 Å². The molecule has 1 amide bonds. The van der Waals surface area contributed by atoms with E-state index in [0.29, 0.717) is 19.5 Å². The van der Waals surface area contributed by atoms with Crippen LogP contribution < -0.4 is 15.5 Å². The molecule has 104 valence electrons. The first-order valence-electron chi connectivity index (χ1n) is 6.85. The van der Waals surface area contributed by atoms with E-state index in [1.165, 1.54) is 0 Å². The van der Waals surface area contributed by atoms with Gasteiger partial charge >= 0.3 is 0 Å². The van der Waals surface area contributed by atoms with E-state index in [4.69, 9.17) is 0 Å². The number of nitrogens with zero attached hydrogens (tertiary/aromatic N) is 3. The van der Waals surface area contributed by atoms with Crippen molar-refractivity contribution in [3.8, 4) is 0 Å². The van der Waals surface area contributed by atoms with Gasteiger partial charge in [0.25, 0.3) is 0 Å². The highest BCUT2D eigenvalue weighted by molar-refractivity contribution is 5.77.